The molecule has 6 nitrogen and oxygen atoms in total. The number of nitrogens with one attached hydrogen (secondary N) is 1. The Morgan fingerprint density at radius 1 is 1.00 bits per heavy atom. The van der Waals surface area contributed by atoms with Gasteiger partial charge in [0.05, 0.1) is 29.2 Å². The van der Waals surface area contributed by atoms with Gasteiger partial charge in [0, 0.05) is 21.8 Å². The summed E-state index contributed by atoms with van der Waals surface area (Å²) in [5, 5.41) is 13.1. The van der Waals surface area contributed by atoms with Crippen LogP contribution in [0.1, 0.15) is 33.0 Å². The van der Waals surface area contributed by atoms with E-state index in [9.17, 15) is 4.79 Å². The third kappa shape index (κ3) is 4.36. The molecule has 0 spiro atoms. The first-order valence-electron chi connectivity index (χ1n) is 9.75. The van der Waals surface area contributed by atoms with Gasteiger partial charge in [-0.1, -0.05) is 47.5 Å². The minimum Gasteiger partial charge on any atom is -0.305 e. The first kappa shape index (κ1) is 21.2. The summed E-state index contributed by atoms with van der Waals surface area (Å²) < 4.78 is 3.56. The van der Waals surface area contributed by atoms with Crippen molar-refractivity contribution in [1.29, 1.82) is 0 Å². The summed E-state index contributed by atoms with van der Waals surface area (Å²) in [4.78, 5) is 13.0. The van der Waals surface area contributed by atoms with Crippen molar-refractivity contribution >= 4 is 34.9 Å². The Bertz CT molecular complexity index is 1260. The highest BCUT2D eigenvalue weighted by molar-refractivity contribution is 6.35. The molecule has 2 aromatic heterocycles. The highest BCUT2D eigenvalue weighted by Gasteiger charge is 2.20. The number of benzene rings is 2. The van der Waals surface area contributed by atoms with Crippen molar-refractivity contribution in [2.45, 2.75) is 27.3 Å². The lowest BCUT2D eigenvalue weighted by Crippen LogP contribution is -2.15. The van der Waals surface area contributed by atoms with Crippen molar-refractivity contribution in [3.05, 3.63) is 92.9 Å². The molecule has 2 aromatic carbocycles. The number of rotatable bonds is 5. The van der Waals surface area contributed by atoms with Crippen LogP contribution >= 0.6 is 23.2 Å². The van der Waals surface area contributed by atoms with Crippen molar-refractivity contribution in [2.24, 2.45) is 0 Å². The van der Waals surface area contributed by atoms with E-state index in [0.29, 0.717) is 33.7 Å². The summed E-state index contributed by atoms with van der Waals surface area (Å²) in [6.07, 6.45) is 0. The Morgan fingerprint density at radius 2 is 1.74 bits per heavy atom. The van der Waals surface area contributed by atoms with E-state index in [-0.39, 0.29) is 5.91 Å². The Labute approximate surface area is 190 Å². The summed E-state index contributed by atoms with van der Waals surface area (Å²) in [6.45, 7) is 6.11. The van der Waals surface area contributed by atoms with Gasteiger partial charge < -0.3 is 5.32 Å². The first-order valence-corrected chi connectivity index (χ1v) is 10.5. The number of carbonyl (C=O) groups is 1. The monoisotopic (exact) mass is 453 g/mol. The quantitative estimate of drug-likeness (QED) is 0.427. The fraction of sp³-hybridized carbons (Fsp3) is 0.174. The lowest BCUT2D eigenvalue weighted by atomic mass is 10.2. The summed E-state index contributed by atoms with van der Waals surface area (Å²) in [5.41, 5.74) is 4.66. The molecule has 0 aliphatic rings. The van der Waals surface area contributed by atoms with Gasteiger partial charge in [-0.05, 0) is 50.6 Å². The van der Waals surface area contributed by atoms with Gasteiger partial charge in [0.25, 0.3) is 5.91 Å². The van der Waals surface area contributed by atoms with Crippen molar-refractivity contribution in [2.75, 3.05) is 5.32 Å². The highest BCUT2D eigenvalue weighted by atomic mass is 35.5. The fourth-order valence-corrected chi connectivity index (χ4v) is 3.98. The summed E-state index contributed by atoms with van der Waals surface area (Å²) in [5.74, 6) is 0.227. The van der Waals surface area contributed by atoms with Gasteiger partial charge >= 0.3 is 0 Å². The number of nitrogens with zero attached hydrogens (tertiary/aromatic N) is 4. The number of amides is 1. The summed E-state index contributed by atoms with van der Waals surface area (Å²) >= 11 is 12.3. The average molecular weight is 454 g/mol. The van der Waals surface area contributed by atoms with E-state index in [2.05, 4.69) is 15.5 Å². The van der Waals surface area contributed by atoms with E-state index in [1.807, 2.05) is 63.2 Å². The van der Waals surface area contributed by atoms with Gasteiger partial charge in [0.1, 0.15) is 0 Å². The number of aryl methyl sites for hydroxylation is 2. The van der Waals surface area contributed by atoms with Crippen LogP contribution in [0, 0.1) is 20.8 Å². The minimum atomic E-state index is -0.244. The molecule has 158 valence electrons. The van der Waals surface area contributed by atoms with Gasteiger partial charge in [-0.2, -0.15) is 10.2 Å². The van der Waals surface area contributed by atoms with Crippen LogP contribution in [0.3, 0.4) is 0 Å². The molecule has 0 saturated carbocycles. The van der Waals surface area contributed by atoms with E-state index in [4.69, 9.17) is 23.2 Å². The molecule has 1 N–H and O–H groups in total. The standard InChI is InChI=1S/C23H21Cl2N5O/c1-14-11-21(28-29(14)13-17-9-10-18(24)12-20(17)25)26-23(31)22-15(2)27-30(16(22)3)19-7-5-4-6-8-19/h4-12H,13H2,1-3H3,(H,26,28,31). The third-order valence-electron chi connectivity index (χ3n) is 5.08. The number of carbonyl (C=O) groups excluding carboxylic acids is 1. The molecule has 4 rings (SSSR count). The number of hydrogen-bond acceptors (Lipinski definition) is 3. The highest BCUT2D eigenvalue weighted by Crippen LogP contribution is 2.23. The Kier molecular flexibility index (Phi) is 5.85. The zero-order valence-corrected chi connectivity index (χ0v) is 18.9. The predicted octanol–water partition coefficient (Wildman–Crippen LogP) is 5.60. The maximum absolute atomic E-state index is 13.0. The first-order chi connectivity index (χ1) is 14.8. The van der Waals surface area contributed by atoms with Gasteiger partial charge in [0.2, 0.25) is 0 Å². The van der Waals surface area contributed by atoms with Gasteiger partial charge in [-0.25, -0.2) is 4.68 Å². The molecule has 0 unspecified atom stereocenters. The number of hydrogen-bond donors (Lipinski definition) is 1. The minimum absolute atomic E-state index is 0.244. The van der Waals surface area contributed by atoms with Crippen molar-refractivity contribution in [3.8, 4) is 5.69 Å². The van der Waals surface area contributed by atoms with E-state index >= 15 is 0 Å². The molecule has 0 aliphatic carbocycles. The van der Waals surface area contributed by atoms with E-state index < -0.39 is 0 Å². The molecule has 4 aromatic rings. The molecule has 0 aliphatic heterocycles. The van der Waals surface area contributed by atoms with Gasteiger partial charge in [0.15, 0.2) is 5.82 Å². The number of halogens is 2. The summed E-state index contributed by atoms with van der Waals surface area (Å²) in [7, 11) is 0. The third-order valence-corrected chi connectivity index (χ3v) is 5.66. The van der Waals surface area contributed by atoms with Crippen LogP contribution in [0.15, 0.2) is 54.6 Å². The lowest BCUT2D eigenvalue weighted by Gasteiger charge is -2.07. The van der Waals surface area contributed by atoms with Crippen molar-refractivity contribution in [1.82, 2.24) is 19.6 Å². The molecular formula is C23H21Cl2N5O. The van der Waals surface area contributed by atoms with Crippen LogP contribution in [0.2, 0.25) is 10.0 Å². The average Bonchev–Trinajstić information content (AvgIpc) is 3.22. The van der Waals surface area contributed by atoms with Crippen LogP contribution in [-0.4, -0.2) is 25.5 Å². The summed E-state index contributed by atoms with van der Waals surface area (Å²) in [6, 6.07) is 16.9. The fourth-order valence-electron chi connectivity index (χ4n) is 3.51. The Hall–Kier alpha value is -3.09. The second-order valence-electron chi connectivity index (χ2n) is 7.31. The Balaban J connectivity index is 1.56. The zero-order valence-electron chi connectivity index (χ0n) is 17.4. The molecule has 1 amide bonds. The maximum Gasteiger partial charge on any atom is 0.260 e. The van der Waals surface area contributed by atoms with E-state index in [0.717, 1.165) is 22.6 Å². The predicted molar refractivity (Wildman–Crippen MR) is 124 cm³/mol. The van der Waals surface area contributed by atoms with Gasteiger partial charge in [-0.15, -0.1) is 0 Å². The van der Waals surface area contributed by atoms with Gasteiger partial charge in [-0.3, -0.25) is 9.48 Å². The van der Waals surface area contributed by atoms with Crippen LogP contribution in [0.25, 0.3) is 5.69 Å². The molecule has 0 bridgehead atoms. The molecular weight excluding hydrogens is 433 g/mol. The molecule has 31 heavy (non-hydrogen) atoms. The zero-order chi connectivity index (χ0) is 22.1. The van der Waals surface area contributed by atoms with Crippen LogP contribution in [0.4, 0.5) is 5.82 Å². The lowest BCUT2D eigenvalue weighted by molar-refractivity contribution is 0.102. The van der Waals surface area contributed by atoms with Crippen molar-refractivity contribution < 1.29 is 4.79 Å². The topological polar surface area (TPSA) is 64.7 Å². The van der Waals surface area contributed by atoms with Crippen LogP contribution in [-0.2, 0) is 6.54 Å². The SMILES string of the molecule is Cc1nn(-c2ccccc2)c(C)c1C(=O)Nc1cc(C)n(Cc2ccc(Cl)cc2Cl)n1. The van der Waals surface area contributed by atoms with Crippen molar-refractivity contribution in [3.63, 3.8) is 0 Å². The van der Waals surface area contributed by atoms with Crippen LogP contribution in [0.5, 0.6) is 0 Å². The van der Waals surface area contributed by atoms with E-state index in [1.165, 1.54) is 0 Å². The Morgan fingerprint density at radius 3 is 2.45 bits per heavy atom. The molecule has 0 saturated heterocycles. The number of para-hydroxylation sites is 1. The molecule has 0 fully saturated rings. The second-order valence-corrected chi connectivity index (χ2v) is 8.16. The normalized spacial score (nSPS) is 11.0. The maximum atomic E-state index is 13.0. The van der Waals surface area contributed by atoms with E-state index in [1.54, 1.807) is 21.5 Å². The second kappa shape index (κ2) is 8.57. The van der Waals surface area contributed by atoms with Crippen LogP contribution < -0.4 is 5.32 Å². The molecule has 8 heteroatoms. The largest absolute Gasteiger partial charge is 0.305 e. The smallest absolute Gasteiger partial charge is 0.260 e. The number of anilines is 1. The number of aromatic nitrogens is 4. The molecule has 0 atom stereocenters. The molecule has 2 heterocycles. The molecule has 0 radical (unpaired) electrons.